The first-order valence-corrected chi connectivity index (χ1v) is 6.97. The van der Waals surface area contributed by atoms with Crippen molar-refractivity contribution in [3.05, 3.63) is 29.3 Å². The summed E-state index contributed by atoms with van der Waals surface area (Å²) >= 11 is 0. The minimum atomic E-state index is -1.08. The monoisotopic (exact) mass is 292 g/mol. The molecule has 1 aliphatic rings. The Bertz CT molecular complexity index is 559. The van der Waals surface area contributed by atoms with Crippen LogP contribution in [0.15, 0.2) is 18.2 Å². The van der Waals surface area contributed by atoms with Crippen LogP contribution in [0.4, 0.5) is 10.5 Å². The van der Waals surface area contributed by atoms with E-state index in [1.165, 1.54) is 11.0 Å². The molecule has 2 amide bonds. The lowest BCUT2D eigenvalue weighted by Crippen LogP contribution is -2.47. The van der Waals surface area contributed by atoms with E-state index in [2.05, 4.69) is 5.32 Å². The number of aliphatic hydroxyl groups is 1. The number of para-hydroxylation sites is 1. The Labute approximate surface area is 123 Å². The molecule has 2 unspecified atom stereocenters. The number of hydrogen-bond donors (Lipinski definition) is 3. The molecular weight excluding hydrogens is 272 g/mol. The highest BCUT2D eigenvalue weighted by Gasteiger charge is 2.28. The van der Waals surface area contributed by atoms with Gasteiger partial charge in [-0.3, -0.25) is 0 Å². The number of piperidine rings is 1. The van der Waals surface area contributed by atoms with Gasteiger partial charge in [0.05, 0.1) is 17.4 Å². The zero-order chi connectivity index (χ0) is 15.6. The van der Waals surface area contributed by atoms with E-state index in [0.29, 0.717) is 17.8 Å². The molecule has 1 aromatic rings. The fraction of sp³-hybridized carbons (Fsp3) is 0.467. The predicted molar refractivity (Wildman–Crippen MR) is 78.5 cm³/mol. The van der Waals surface area contributed by atoms with Gasteiger partial charge >= 0.3 is 12.0 Å². The summed E-state index contributed by atoms with van der Waals surface area (Å²) in [7, 11) is 0. The normalized spacial score (nSPS) is 22.0. The fourth-order valence-electron chi connectivity index (χ4n) is 2.43. The van der Waals surface area contributed by atoms with Gasteiger partial charge in [-0.15, -0.1) is 0 Å². The molecule has 21 heavy (non-hydrogen) atoms. The second kappa shape index (κ2) is 6.13. The number of amides is 2. The van der Waals surface area contributed by atoms with Crippen LogP contribution in [0.25, 0.3) is 0 Å². The van der Waals surface area contributed by atoms with E-state index >= 15 is 0 Å². The quantitative estimate of drug-likeness (QED) is 0.777. The number of carboxylic acids is 1. The average molecular weight is 292 g/mol. The molecule has 0 spiro atoms. The third-order valence-electron chi connectivity index (χ3n) is 3.94. The minimum Gasteiger partial charge on any atom is -0.478 e. The number of urea groups is 1. The first-order valence-electron chi connectivity index (χ1n) is 6.97. The summed E-state index contributed by atoms with van der Waals surface area (Å²) in [5.41, 5.74) is 1.06. The Morgan fingerprint density at radius 1 is 1.38 bits per heavy atom. The number of β-amino-alcohol motifs (C(OH)–C–C–N with tert-alkyl or cyclic N) is 1. The maximum absolute atomic E-state index is 12.3. The summed E-state index contributed by atoms with van der Waals surface area (Å²) in [5.74, 6) is -0.914. The fourth-order valence-corrected chi connectivity index (χ4v) is 2.43. The molecule has 0 saturated carbocycles. The minimum absolute atomic E-state index is 0.0641. The van der Waals surface area contributed by atoms with Crippen molar-refractivity contribution in [1.82, 2.24) is 4.90 Å². The summed E-state index contributed by atoms with van der Waals surface area (Å²) in [5, 5.41) is 21.7. The van der Waals surface area contributed by atoms with E-state index in [1.807, 2.05) is 6.92 Å². The number of aliphatic hydroxyl groups excluding tert-OH is 1. The summed E-state index contributed by atoms with van der Waals surface area (Å²) in [6.07, 6.45) is 0.189. The van der Waals surface area contributed by atoms with Crippen molar-refractivity contribution in [2.75, 3.05) is 18.4 Å². The largest absolute Gasteiger partial charge is 0.478 e. The van der Waals surface area contributed by atoms with Crippen molar-refractivity contribution in [3.8, 4) is 0 Å². The number of carbonyl (C=O) groups is 2. The van der Waals surface area contributed by atoms with Crippen molar-refractivity contribution in [3.63, 3.8) is 0 Å². The molecule has 0 radical (unpaired) electrons. The van der Waals surface area contributed by atoms with Gasteiger partial charge in [0, 0.05) is 13.1 Å². The van der Waals surface area contributed by atoms with Crippen molar-refractivity contribution >= 4 is 17.7 Å². The molecule has 3 N–H and O–H groups in total. The van der Waals surface area contributed by atoms with Crippen LogP contribution in [-0.4, -0.2) is 46.3 Å². The number of likely N-dealkylation sites (tertiary alicyclic amines) is 1. The number of hydrogen-bond acceptors (Lipinski definition) is 3. The molecule has 0 aliphatic carbocycles. The molecule has 1 saturated heterocycles. The third kappa shape index (κ3) is 3.33. The lowest BCUT2D eigenvalue weighted by Gasteiger charge is -2.34. The smallest absolute Gasteiger partial charge is 0.337 e. The van der Waals surface area contributed by atoms with Gasteiger partial charge in [-0.25, -0.2) is 9.59 Å². The van der Waals surface area contributed by atoms with Gasteiger partial charge in [0.25, 0.3) is 0 Å². The van der Waals surface area contributed by atoms with E-state index in [4.69, 9.17) is 0 Å². The van der Waals surface area contributed by atoms with E-state index in [1.54, 1.807) is 19.1 Å². The van der Waals surface area contributed by atoms with Gasteiger partial charge in [0.15, 0.2) is 0 Å². The molecule has 2 rings (SSSR count). The van der Waals surface area contributed by atoms with E-state index in [-0.39, 0.29) is 24.1 Å². The van der Waals surface area contributed by atoms with Crippen LogP contribution in [-0.2, 0) is 0 Å². The van der Waals surface area contributed by atoms with Crippen LogP contribution in [0.3, 0.4) is 0 Å². The van der Waals surface area contributed by atoms with Crippen molar-refractivity contribution in [1.29, 1.82) is 0 Å². The summed E-state index contributed by atoms with van der Waals surface area (Å²) < 4.78 is 0. The molecule has 1 fully saturated rings. The van der Waals surface area contributed by atoms with Gasteiger partial charge in [-0.1, -0.05) is 19.1 Å². The number of aromatic carboxylic acids is 1. The lowest BCUT2D eigenvalue weighted by atomic mass is 9.96. The van der Waals surface area contributed by atoms with Gasteiger partial charge in [-0.2, -0.15) is 0 Å². The Kier molecular flexibility index (Phi) is 4.47. The average Bonchev–Trinajstić information content (AvgIpc) is 2.43. The Balaban J connectivity index is 2.15. The maximum Gasteiger partial charge on any atom is 0.337 e. The first-order chi connectivity index (χ1) is 9.90. The van der Waals surface area contributed by atoms with Crippen molar-refractivity contribution in [2.24, 2.45) is 5.92 Å². The van der Waals surface area contributed by atoms with Crippen LogP contribution in [0.5, 0.6) is 0 Å². The number of aryl methyl sites for hydroxylation is 1. The Morgan fingerprint density at radius 3 is 2.71 bits per heavy atom. The van der Waals surface area contributed by atoms with Gasteiger partial charge < -0.3 is 20.4 Å². The molecule has 1 aliphatic heterocycles. The van der Waals surface area contributed by atoms with E-state index in [9.17, 15) is 19.8 Å². The highest BCUT2D eigenvalue weighted by atomic mass is 16.4. The molecular formula is C15H20N2O4. The topological polar surface area (TPSA) is 89.9 Å². The lowest BCUT2D eigenvalue weighted by molar-refractivity contribution is 0.0463. The number of rotatable bonds is 2. The third-order valence-corrected chi connectivity index (χ3v) is 3.94. The number of nitrogens with one attached hydrogen (secondary N) is 1. The van der Waals surface area contributed by atoms with Gasteiger partial charge in [-0.05, 0) is 30.9 Å². The van der Waals surface area contributed by atoms with Gasteiger partial charge in [0.2, 0.25) is 0 Å². The standard InChI is InChI=1S/C15H20N2O4/c1-9-6-7-17(8-12(9)18)15(21)16-13-10(2)4-3-5-11(13)14(19)20/h3-5,9,12,18H,6-8H2,1-2H3,(H,16,21)(H,19,20). The van der Waals surface area contributed by atoms with Crippen LogP contribution in [0.1, 0.15) is 29.3 Å². The van der Waals surface area contributed by atoms with Crippen LogP contribution in [0.2, 0.25) is 0 Å². The summed E-state index contributed by atoms with van der Waals surface area (Å²) in [6, 6.07) is 4.46. The van der Waals surface area contributed by atoms with E-state index in [0.717, 1.165) is 6.42 Å². The first kappa shape index (κ1) is 15.3. The maximum atomic E-state index is 12.3. The second-order valence-corrected chi connectivity index (χ2v) is 5.51. The molecule has 114 valence electrons. The number of anilines is 1. The zero-order valence-corrected chi connectivity index (χ0v) is 12.2. The summed E-state index contributed by atoms with van der Waals surface area (Å²) in [4.78, 5) is 25.0. The Morgan fingerprint density at radius 2 is 2.10 bits per heavy atom. The van der Waals surface area contributed by atoms with Crippen LogP contribution in [0, 0.1) is 12.8 Å². The molecule has 1 aromatic carbocycles. The highest BCUT2D eigenvalue weighted by molar-refractivity contribution is 6.01. The zero-order valence-electron chi connectivity index (χ0n) is 12.2. The van der Waals surface area contributed by atoms with Crippen LogP contribution >= 0.6 is 0 Å². The highest BCUT2D eigenvalue weighted by Crippen LogP contribution is 2.23. The molecule has 2 atom stereocenters. The summed E-state index contributed by atoms with van der Waals surface area (Å²) in [6.45, 7) is 4.51. The van der Waals surface area contributed by atoms with Gasteiger partial charge in [0.1, 0.15) is 0 Å². The second-order valence-electron chi connectivity index (χ2n) is 5.51. The number of nitrogens with zero attached hydrogens (tertiary/aromatic N) is 1. The van der Waals surface area contributed by atoms with E-state index < -0.39 is 12.1 Å². The molecule has 6 heteroatoms. The molecule has 6 nitrogen and oxygen atoms in total. The molecule has 1 heterocycles. The van der Waals surface area contributed by atoms with Crippen molar-refractivity contribution < 1.29 is 19.8 Å². The van der Waals surface area contributed by atoms with Crippen molar-refractivity contribution in [2.45, 2.75) is 26.4 Å². The molecule has 0 bridgehead atoms. The SMILES string of the molecule is Cc1cccc(C(=O)O)c1NC(=O)N1CCC(C)C(O)C1. The number of carbonyl (C=O) groups excluding carboxylic acids is 1. The predicted octanol–water partition coefficient (Wildman–Crippen LogP) is 1.93. The van der Waals surface area contributed by atoms with Crippen LogP contribution < -0.4 is 5.32 Å². The Hall–Kier alpha value is -2.08. The number of carboxylic acid groups (broad SMARTS) is 1. The number of benzene rings is 1. The molecule has 0 aromatic heterocycles.